The summed E-state index contributed by atoms with van der Waals surface area (Å²) in [6.45, 7) is 2.01. The van der Waals surface area contributed by atoms with Crippen LogP contribution in [0.1, 0.15) is 16.6 Å². The molecule has 0 fully saturated rings. The third kappa shape index (κ3) is 2.81. The largest absolute Gasteiger partial charge is 0.337 e. The van der Waals surface area contributed by atoms with E-state index in [4.69, 9.17) is 0 Å². The van der Waals surface area contributed by atoms with Crippen LogP contribution in [0.5, 0.6) is 0 Å². The van der Waals surface area contributed by atoms with E-state index in [-0.39, 0.29) is 11.9 Å². The average molecular weight is 341 g/mol. The van der Waals surface area contributed by atoms with Crippen molar-refractivity contribution in [3.05, 3.63) is 20.8 Å². The summed E-state index contributed by atoms with van der Waals surface area (Å²) in [5.41, 5.74) is 0. The molecule has 1 aromatic rings. The van der Waals surface area contributed by atoms with Crippen molar-refractivity contribution in [2.24, 2.45) is 0 Å². The van der Waals surface area contributed by atoms with Crippen LogP contribution < -0.4 is 0 Å². The molecule has 1 aromatic heterocycles. The van der Waals surface area contributed by atoms with Crippen LogP contribution in [0, 0.1) is 0 Å². The van der Waals surface area contributed by atoms with Crippen molar-refractivity contribution in [1.82, 2.24) is 4.90 Å². The summed E-state index contributed by atoms with van der Waals surface area (Å²) < 4.78 is 0.987. The predicted octanol–water partition coefficient (Wildman–Crippen LogP) is 3.37. The fraction of sp³-hybridized carbons (Fsp3) is 0.444. The van der Waals surface area contributed by atoms with Gasteiger partial charge in [-0.3, -0.25) is 4.79 Å². The lowest BCUT2D eigenvalue weighted by atomic mass is 10.3. The molecule has 0 bridgehead atoms. The highest BCUT2D eigenvalue weighted by Crippen LogP contribution is 2.23. The van der Waals surface area contributed by atoms with Gasteiger partial charge in [-0.15, -0.1) is 11.3 Å². The zero-order valence-electron chi connectivity index (χ0n) is 7.96. The van der Waals surface area contributed by atoms with Crippen molar-refractivity contribution in [3.63, 3.8) is 0 Å². The average Bonchev–Trinajstić information content (AvgIpc) is 2.61. The number of thiophene rings is 1. The smallest absolute Gasteiger partial charge is 0.263 e. The second kappa shape index (κ2) is 5.28. The first-order valence-corrected chi connectivity index (χ1v) is 6.87. The standard InChI is InChI=1S/C9H11Br2NOS/c1-6(5-10)12(2)9(13)7-3-4-8(11)14-7/h3-4,6H,5H2,1-2H3. The maximum absolute atomic E-state index is 11.9. The molecule has 0 aliphatic heterocycles. The van der Waals surface area contributed by atoms with Crippen molar-refractivity contribution >= 4 is 49.1 Å². The lowest BCUT2D eigenvalue weighted by Crippen LogP contribution is -2.35. The first kappa shape index (κ1) is 12.2. The van der Waals surface area contributed by atoms with Crippen LogP contribution in [0.25, 0.3) is 0 Å². The van der Waals surface area contributed by atoms with Crippen LogP contribution in [-0.2, 0) is 0 Å². The van der Waals surface area contributed by atoms with Gasteiger partial charge in [-0.25, -0.2) is 0 Å². The molecule has 0 aliphatic carbocycles. The van der Waals surface area contributed by atoms with Gasteiger partial charge in [0.25, 0.3) is 5.91 Å². The number of carbonyl (C=O) groups excluding carboxylic acids is 1. The van der Waals surface area contributed by atoms with Gasteiger partial charge in [-0.2, -0.15) is 0 Å². The van der Waals surface area contributed by atoms with Crippen LogP contribution in [0.2, 0.25) is 0 Å². The van der Waals surface area contributed by atoms with Gasteiger partial charge in [0, 0.05) is 18.4 Å². The Labute approximate surface area is 105 Å². The number of hydrogen-bond acceptors (Lipinski definition) is 2. The first-order valence-electron chi connectivity index (χ1n) is 4.14. The van der Waals surface area contributed by atoms with E-state index in [1.165, 1.54) is 11.3 Å². The monoisotopic (exact) mass is 339 g/mol. The van der Waals surface area contributed by atoms with Crippen LogP contribution in [0.3, 0.4) is 0 Å². The van der Waals surface area contributed by atoms with Crippen LogP contribution >= 0.6 is 43.2 Å². The topological polar surface area (TPSA) is 20.3 Å². The fourth-order valence-electron chi connectivity index (χ4n) is 0.907. The number of alkyl halides is 1. The molecule has 78 valence electrons. The van der Waals surface area contributed by atoms with E-state index in [9.17, 15) is 4.79 Å². The van der Waals surface area contributed by atoms with Gasteiger partial charge in [0.05, 0.1) is 8.66 Å². The molecule has 1 heterocycles. The van der Waals surface area contributed by atoms with Crippen molar-refractivity contribution < 1.29 is 4.79 Å². The molecule has 2 nitrogen and oxygen atoms in total. The Balaban J connectivity index is 2.75. The summed E-state index contributed by atoms with van der Waals surface area (Å²) >= 11 is 8.17. The Morgan fingerprint density at radius 2 is 2.29 bits per heavy atom. The molecule has 1 unspecified atom stereocenters. The first-order chi connectivity index (χ1) is 6.56. The number of nitrogens with zero attached hydrogens (tertiary/aromatic N) is 1. The van der Waals surface area contributed by atoms with Crippen molar-refractivity contribution in [2.75, 3.05) is 12.4 Å². The number of carbonyl (C=O) groups is 1. The summed E-state index contributed by atoms with van der Waals surface area (Å²) in [6, 6.07) is 3.95. The van der Waals surface area contributed by atoms with E-state index in [0.29, 0.717) is 0 Å². The van der Waals surface area contributed by atoms with Crippen molar-refractivity contribution in [3.8, 4) is 0 Å². The van der Waals surface area contributed by atoms with Gasteiger partial charge in [0.2, 0.25) is 0 Å². The second-order valence-corrected chi connectivity index (χ2v) is 6.13. The number of amides is 1. The van der Waals surface area contributed by atoms with Gasteiger partial charge in [-0.05, 0) is 35.0 Å². The molecule has 1 atom stereocenters. The summed E-state index contributed by atoms with van der Waals surface area (Å²) in [5, 5.41) is 0.793. The SMILES string of the molecule is CC(CBr)N(C)C(=O)c1ccc(Br)s1. The third-order valence-electron chi connectivity index (χ3n) is 1.99. The second-order valence-electron chi connectivity index (χ2n) is 3.02. The quantitative estimate of drug-likeness (QED) is 0.772. The van der Waals surface area contributed by atoms with Gasteiger partial charge in [0.1, 0.15) is 0 Å². The molecule has 0 saturated carbocycles. The molecule has 1 rings (SSSR count). The zero-order valence-corrected chi connectivity index (χ0v) is 11.9. The van der Waals surface area contributed by atoms with Gasteiger partial charge < -0.3 is 4.90 Å². The van der Waals surface area contributed by atoms with E-state index >= 15 is 0 Å². The lowest BCUT2D eigenvalue weighted by Gasteiger charge is -2.22. The highest BCUT2D eigenvalue weighted by atomic mass is 79.9. The van der Waals surface area contributed by atoms with E-state index in [1.54, 1.807) is 4.90 Å². The molecule has 0 radical (unpaired) electrons. The van der Waals surface area contributed by atoms with E-state index in [2.05, 4.69) is 31.9 Å². The summed E-state index contributed by atoms with van der Waals surface area (Å²) in [4.78, 5) is 14.4. The lowest BCUT2D eigenvalue weighted by molar-refractivity contribution is 0.0763. The van der Waals surface area contributed by atoms with Gasteiger partial charge in [0.15, 0.2) is 0 Å². The molecule has 1 amide bonds. The molecule has 0 N–H and O–H groups in total. The highest BCUT2D eigenvalue weighted by Gasteiger charge is 2.17. The molecular formula is C9H11Br2NOS. The maximum Gasteiger partial charge on any atom is 0.263 e. The molecule has 5 heteroatoms. The minimum atomic E-state index is 0.0765. The predicted molar refractivity (Wildman–Crippen MR) is 67.4 cm³/mol. The summed E-state index contributed by atoms with van der Waals surface area (Å²) in [5.74, 6) is 0.0765. The van der Waals surface area contributed by atoms with Crippen LogP contribution in [-0.4, -0.2) is 29.2 Å². The van der Waals surface area contributed by atoms with Gasteiger partial charge in [-0.1, -0.05) is 15.9 Å². The van der Waals surface area contributed by atoms with E-state index in [0.717, 1.165) is 14.0 Å². The Hall–Kier alpha value is 0.130. The molecule has 0 saturated heterocycles. The third-order valence-corrected chi connectivity index (χ3v) is 4.54. The van der Waals surface area contributed by atoms with E-state index < -0.39 is 0 Å². The summed E-state index contributed by atoms with van der Waals surface area (Å²) in [7, 11) is 1.82. The minimum absolute atomic E-state index is 0.0765. The zero-order chi connectivity index (χ0) is 10.7. The fourth-order valence-corrected chi connectivity index (χ4v) is 2.71. The Kier molecular flexibility index (Phi) is 4.60. The summed E-state index contributed by atoms with van der Waals surface area (Å²) in [6.07, 6.45) is 0. The molecule has 0 aliphatic rings. The number of rotatable bonds is 3. The van der Waals surface area contributed by atoms with Crippen molar-refractivity contribution in [2.45, 2.75) is 13.0 Å². The molecule has 0 aromatic carbocycles. The van der Waals surface area contributed by atoms with Crippen LogP contribution in [0.15, 0.2) is 15.9 Å². The number of hydrogen-bond donors (Lipinski definition) is 0. The maximum atomic E-state index is 11.9. The minimum Gasteiger partial charge on any atom is -0.337 e. The molecule has 0 spiro atoms. The Morgan fingerprint density at radius 3 is 2.71 bits per heavy atom. The normalized spacial score (nSPS) is 12.6. The Morgan fingerprint density at radius 1 is 1.64 bits per heavy atom. The van der Waals surface area contributed by atoms with Gasteiger partial charge >= 0.3 is 0 Å². The Bertz CT molecular complexity index is 326. The van der Waals surface area contributed by atoms with Crippen LogP contribution in [0.4, 0.5) is 0 Å². The van der Waals surface area contributed by atoms with E-state index in [1.807, 2.05) is 26.1 Å². The number of halogens is 2. The van der Waals surface area contributed by atoms with Crippen molar-refractivity contribution in [1.29, 1.82) is 0 Å². The highest BCUT2D eigenvalue weighted by molar-refractivity contribution is 9.11. The molecule has 14 heavy (non-hydrogen) atoms. The molecular weight excluding hydrogens is 330 g/mol.